The lowest BCUT2D eigenvalue weighted by Gasteiger charge is -2.40. The van der Waals surface area contributed by atoms with E-state index in [0.29, 0.717) is 6.54 Å². The number of imide groups is 1. The summed E-state index contributed by atoms with van der Waals surface area (Å²) in [6.07, 6.45) is 1.34. The quantitative estimate of drug-likeness (QED) is 0.834. The lowest BCUT2D eigenvalue weighted by Crippen LogP contribution is -2.64. The summed E-state index contributed by atoms with van der Waals surface area (Å²) in [7, 11) is 1.74. The molecule has 1 aromatic carbocycles. The maximum atomic E-state index is 13.0. The largest absolute Gasteiger partial charge is 0.328 e. The van der Waals surface area contributed by atoms with Crippen LogP contribution in [0.1, 0.15) is 19.8 Å². The van der Waals surface area contributed by atoms with Crippen molar-refractivity contribution in [3.05, 3.63) is 30.3 Å². The van der Waals surface area contributed by atoms with Gasteiger partial charge in [0.25, 0.3) is 5.91 Å². The van der Waals surface area contributed by atoms with Gasteiger partial charge in [0.2, 0.25) is 5.96 Å². The van der Waals surface area contributed by atoms with Crippen molar-refractivity contribution in [2.45, 2.75) is 32.0 Å². The molecule has 3 heterocycles. The van der Waals surface area contributed by atoms with Crippen LogP contribution in [0.3, 0.4) is 0 Å². The number of fused-ring (bicyclic) bond motifs is 3. The highest BCUT2D eigenvalue weighted by Gasteiger charge is 2.54. The van der Waals surface area contributed by atoms with Gasteiger partial charge in [-0.1, -0.05) is 31.5 Å². The molecule has 4 rings (SSSR count). The summed E-state index contributed by atoms with van der Waals surface area (Å²) < 4.78 is 0. The highest BCUT2D eigenvalue weighted by Crippen LogP contribution is 2.33. The van der Waals surface area contributed by atoms with Crippen molar-refractivity contribution in [3.8, 4) is 0 Å². The van der Waals surface area contributed by atoms with Crippen LogP contribution >= 0.6 is 0 Å². The predicted octanol–water partition coefficient (Wildman–Crippen LogP) is 1.57. The molecule has 0 saturated carbocycles. The van der Waals surface area contributed by atoms with Gasteiger partial charge < -0.3 is 14.7 Å². The Bertz CT molecular complexity index is 719. The molecule has 7 nitrogen and oxygen atoms in total. The Morgan fingerprint density at radius 2 is 1.92 bits per heavy atom. The topological polar surface area (TPSA) is 59.5 Å². The smallest absolute Gasteiger partial charge is 0.325 e. The van der Waals surface area contributed by atoms with Crippen LogP contribution in [0.5, 0.6) is 0 Å². The fraction of sp³-hybridized carbons (Fsp3) is 0.500. The summed E-state index contributed by atoms with van der Waals surface area (Å²) in [5, 5.41) is 0. The van der Waals surface area contributed by atoms with Gasteiger partial charge in [-0.3, -0.25) is 9.69 Å². The molecule has 2 saturated heterocycles. The summed E-state index contributed by atoms with van der Waals surface area (Å²) in [4.78, 5) is 37.5. The lowest BCUT2D eigenvalue weighted by atomic mass is 10.1. The van der Waals surface area contributed by atoms with Crippen LogP contribution in [-0.4, -0.2) is 71.5 Å². The van der Waals surface area contributed by atoms with Crippen LogP contribution in [0, 0.1) is 0 Å². The van der Waals surface area contributed by atoms with E-state index >= 15 is 0 Å². The van der Waals surface area contributed by atoms with Gasteiger partial charge in [-0.2, -0.15) is 0 Å². The average Bonchev–Trinajstić information content (AvgIpc) is 3.20. The van der Waals surface area contributed by atoms with Gasteiger partial charge in [-0.25, -0.2) is 9.79 Å². The van der Waals surface area contributed by atoms with Crippen LogP contribution < -0.4 is 4.90 Å². The van der Waals surface area contributed by atoms with Gasteiger partial charge in [-0.05, 0) is 18.6 Å². The van der Waals surface area contributed by atoms with Crippen molar-refractivity contribution in [1.82, 2.24) is 14.7 Å². The molecule has 3 aliphatic heterocycles. The molecular weight excluding hydrogens is 318 g/mol. The second kappa shape index (κ2) is 6.06. The normalized spacial score (nSPS) is 25.4. The Hall–Kier alpha value is -2.57. The highest BCUT2D eigenvalue weighted by atomic mass is 16.2. The molecule has 0 radical (unpaired) electrons. The molecule has 1 aromatic rings. The third kappa shape index (κ3) is 2.37. The first kappa shape index (κ1) is 15.9. The molecule has 7 heteroatoms. The number of rotatable bonds is 4. The minimum Gasteiger partial charge on any atom is -0.325 e. The number of carbonyl (C=O) groups is 2. The van der Waals surface area contributed by atoms with Crippen LogP contribution in [0.25, 0.3) is 0 Å². The van der Waals surface area contributed by atoms with E-state index < -0.39 is 12.2 Å². The Morgan fingerprint density at radius 3 is 2.64 bits per heavy atom. The fourth-order valence-electron chi connectivity index (χ4n) is 3.81. The molecule has 2 unspecified atom stereocenters. The van der Waals surface area contributed by atoms with Crippen LogP contribution in [0.4, 0.5) is 10.5 Å². The number of urea groups is 1. The van der Waals surface area contributed by atoms with E-state index in [1.165, 1.54) is 4.90 Å². The van der Waals surface area contributed by atoms with E-state index in [1.807, 2.05) is 30.3 Å². The summed E-state index contributed by atoms with van der Waals surface area (Å²) in [6.45, 7) is 4.07. The van der Waals surface area contributed by atoms with Gasteiger partial charge >= 0.3 is 6.03 Å². The van der Waals surface area contributed by atoms with Crippen molar-refractivity contribution in [3.63, 3.8) is 0 Å². The molecule has 2 atom stereocenters. The molecule has 0 spiro atoms. The third-order valence-corrected chi connectivity index (χ3v) is 5.18. The molecule has 3 aliphatic rings. The predicted molar refractivity (Wildman–Crippen MR) is 95.3 cm³/mol. The van der Waals surface area contributed by atoms with Crippen LogP contribution in [0.15, 0.2) is 35.3 Å². The minimum atomic E-state index is -0.431. The first-order valence-corrected chi connectivity index (χ1v) is 8.88. The van der Waals surface area contributed by atoms with E-state index in [9.17, 15) is 9.59 Å². The Labute approximate surface area is 147 Å². The number of para-hydroxylation sites is 1. The van der Waals surface area contributed by atoms with E-state index in [0.717, 1.165) is 37.6 Å². The first-order chi connectivity index (χ1) is 12.1. The number of hydrogen-bond acceptors (Lipinski definition) is 5. The van der Waals surface area contributed by atoms with Crippen LogP contribution in [0.2, 0.25) is 0 Å². The number of amides is 3. The van der Waals surface area contributed by atoms with Crippen molar-refractivity contribution < 1.29 is 9.59 Å². The maximum Gasteiger partial charge on any atom is 0.328 e. The number of aliphatic imine (C=N–C) groups is 1. The standard InChI is InChI=1S/C18H23N5O2/c1-3-4-10-23-16(24)14-15(20(2)18(23)25)19-17-21(11-12-22(14)17)13-8-6-5-7-9-13/h5-9,14-15H,3-4,10-12H2,1-2H3. The summed E-state index contributed by atoms with van der Waals surface area (Å²) in [6, 6.07) is 9.41. The number of hydrogen-bond donors (Lipinski definition) is 0. The van der Waals surface area contributed by atoms with E-state index in [2.05, 4.69) is 16.7 Å². The van der Waals surface area contributed by atoms with Crippen molar-refractivity contribution in [2.75, 3.05) is 31.6 Å². The van der Waals surface area contributed by atoms with Crippen LogP contribution in [-0.2, 0) is 4.79 Å². The number of anilines is 1. The SMILES string of the molecule is CCCCN1C(=O)C2C(N=C3N(c4ccccc4)CCN32)N(C)C1=O. The molecule has 2 fully saturated rings. The Kier molecular flexibility index (Phi) is 3.86. The number of nitrogens with zero attached hydrogens (tertiary/aromatic N) is 5. The van der Waals surface area contributed by atoms with Gasteiger partial charge in [0.05, 0.1) is 0 Å². The maximum absolute atomic E-state index is 13.0. The molecule has 0 bridgehead atoms. The third-order valence-electron chi connectivity index (χ3n) is 5.18. The first-order valence-electron chi connectivity index (χ1n) is 8.88. The Balaban J connectivity index is 1.64. The van der Waals surface area contributed by atoms with Gasteiger partial charge in [0.15, 0.2) is 12.2 Å². The zero-order chi connectivity index (χ0) is 17.6. The Morgan fingerprint density at radius 1 is 1.16 bits per heavy atom. The summed E-state index contributed by atoms with van der Waals surface area (Å²) in [5.74, 6) is 0.682. The number of benzene rings is 1. The number of carbonyl (C=O) groups excluding carboxylic acids is 2. The summed E-state index contributed by atoms with van der Waals surface area (Å²) >= 11 is 0. The van der Waals surface area contributed by atoms with Gasteiger partial charge in [0.1, 0.15) is 0 Å². The lowest BCUT2D eigenvalue weighted by molar-refractivity contribution is -0.137. The second-order valence-corrected chi connectivity index (χ2v) is 6.71. The van der Waals surface area contributed by atoms with Crippen molar-refractivity contribution in [2.24, 2.45) is 4.99 Å². The number of unbranched alkanes of at least 4 members (excludes halogenated alkanes) is 1. The minimum absolute atomic E-state index is 0.116. The van der Waals surface area contributed by atoms with Gasteiger partial charge in [-0.15, -0.1) is 0 Å². The van der Waals surface area contributed by atoms with Crippen molar-refractivity contribution >= 4 is 23.6 Å². The van der Waals surface area contributed by atoms with Gasteiger partial charge in [0, 0.05) is 32.4 Å². The van der Waals surface area contributed by atoms with E-state index in [1.54, 1.807) is 11.9 Å². The molecule has 25 heavy (non-hydrogen) atoms. The summed E-state index contributed by atoms with van der Waals surface area (Å²) in [5.41, 5.74) is 1.06. The molecule has 0 N–H and O–H groups in total. The molecule has 3 amide bonds. The molecular formula is C18H23N5O2. The number of guanidine groups is 1. The van der Waals surface area contributed by atoms with Crippen molar-refractivity contribution in [1.29, 1.82) is 0 Å². The zero-order valence-electron chi connectivity index (χ0n) is 14.6. The average molecular weight is 341 g/mol. The molecule has 0 aromatic heterocycles. The zero-order valence-corrected chi connectivity index (χ0v) is 14.6. The molecule has 132 valence electrons. The molecule has 0 aliphatic carbocycles. The highest BCUT2D eigenvalue weighted by molar-refractivity contribution is 6.07. The second-order valence-electron chi connectivity index (χ2n) is 6.71. The van der Waals surface area contributed by atoms with E-state index in [-0.39, 0.29) is 11.9 Å². The fourth-order valence-corrected chi connectivity index (χ4v) is 3.81. The van der Waals surface area contributed by atoms with E-state index in [4.69, 9.17) is 4.99 Å². The number of likely N-dealkylation sites (N-methyl/N-ethyl adjacent to an activating group) is 1. The monoisotopic (exact) mass is 341 g/mol.